The predicted molar refractivity (Wildman–Crippen MR) is 83.0 cm³/mol. The van der Waals surface area contributed by atoms with Gasteiger partial charge in [-0.05, 0) is 51.4 Å². The zero-order valence-corrected chi connectivity index (χ0v) is 12.8. The summed E-state index contributed by atoms with van der Waals surface area (Å²) >= 11 is 0. The molecule has 116 valence electrons. The topological polar surface area (TPSA) is 49.8 Å². The lowest BCUT2D eigenvalue weighted by atomic mass is 10.2. The van der Waals surface area contributed by atoms with Crippen LogP contribution in [-0.2, 0) is 0 Å². The van der Waals surface area contributed by atoms with Crippen LogP contribution in [0.15, 0.2) is 24.3 Å². The average Bonchev–Trinajstić information content (AvgIpc) is 2.74. The van der Waals surface area contributed by atoms with Gasteiger partial charge in [0.15, 0.2) is 0 Å². The van der Waals surface area contributed by atoms with Gasteiger partial charge in [-0.2, -0.15) is 0 Å². The van der Waals surface area contributed by atoms with Crippen LogP contribution in [0.4, 0.5) is 0 Å². The lowest BCUT2D eigenvalue weighted by molar-refractivity contribution is 0.0689. The minimum atomic E-state index is -0.940. The largest absolute Gasteiger partial charge is 0.490 e. The van der Waals surface area contributed by atoms with Gasteiger partial charge in [-0.25, -0.2) is 4.79 Å². The Labute approximate surface area is 126 Å². The Bertz CT molecular complexity index is 453. The van der Waals surface area contributed by atoms with E-state index in [4.69, 9.17) is 9.84 Å². The number of likely N-dealkylation sites (tertiary alicyclic amines) is 1. The number of carboxylic acid groups (broad SMARTS) is 1. The number of ether oxygens (including phenoxy) is 1. The lowest BCUT2D eigenvalue weighted by Gasteiger charge is -2.22. The molecule has 0 bridgehead atoms. The SMILES string of the molecule is CC(CCN1CCCCCC1)Oc1ccccc1C(=O)O. The highest BCUT2D eigenvalue weighted by Crippen LogP contribution is 2.20. The molecule has 0 aromatic heterocycles. The number of nitrogens with zero attached hydrogens (tertiary/aromatic N) is 1. The number of hydrogen-bond donors (Lipinski definition) is 1. The fourth-order valence-electron chi connectivity index (χ4n) is 2.75. The summed E-state index contributed by atoms with van der Waals surface area (Å²) in [5.41, 5.74) is 0.235. The number of rotatable bonds is 6. The summed E-state index contributed by atoms with van der Waals surface area (Å²) in [4.78, 5) is 13.7. The van der Waals surface area contributed by atoms with Crippen molar-refractivity contribution in [2.24, 2.45) is 0 Å². The van der Waals surface area contributed by atoms with Crippen LogP contribution in [0.3, 0.4) is 0 Å². The molecule has 1 aliphatic heterocycles. The van der Waals surface area contributed by atoms with E-state index in [0.29, 0.717) is 5.75 Å². The van der Waals surface area contributed by atoms with Crippen LogP contribution < -0.4 is 4.74 Å². The first-order valence-electron chi connectivity index (χ1n) is 7.88. The van der Waals surface area contributed by atoms with Gasteiger partial charge in [-0.1, -0.05) is 25.0 Å². The number of carbonyl (C=O) groups is 1. The van der Waals surface area contributed by atoms with Crippen molar-refractivity contribution in [1.82, 2.24) is 4.90 Å². The van der Waals surface area contributed by atoms with Gasteiger partial charge in [0.2, 0.25) is 0 Å². The monoisotopic (exact) mass is 291 g/mol. The molecule has 1 aromatic carbocycles. The summed E-state index contributed by atoms with van der Waals surface area (Å²) in [5, 5.41) is 9.16. The smallest absolute Gasteiger partial charge is 0.339 e. The predicted octanol–water partition coefficient (Wildman–Crippen LogP) is 3.42. The Morgan fingerprint density at radius 1 is 1.24 bits per heavy atom. The molecule has 1 atom stereocenters. The molecule has 0 spiro atoms. The van der Waals surface area contributed by atoms with Crippen LogP contribution in [-0.4, -0.2) is 41.7 Å². The van der Waals surface area contributed by atoms with Gasteiger partial charge < -0.3 is 14.7 Å². The fraction of sp³-hybridized carbons (Fsp3) is 0.588. The molecule has 4 nitrogen and oxygen atoms in total. The molecule has 1 saturated heterocycles. The highest BCUT2D eigenvalue weighted by atomic mass is 16.5. The molecule has 1 aliphatic rings. The van der Waals surface area contributed by atoms with Crippen LogP contribution in [0.25, 0.3) is 0 Å². The Morgan fingerprint density at radius 2 is 1.90 bits per heavy atom. The van der Waals surface area contributed by atoms with E-state index in [2.05, 4.69) is 4.90 Å². The second kappa shape index (κ2) is 8.03. The highest BCUT2D eigenvalue weighted by Gasteiger charge is 2.15. The van der Waals surface area contributed by atoms with Crippen molar-refractivity contribution < 1.29 is 14.6 Å². The summed E-state index contributed by atoms with van der Waals surface area (Å²) in [6.45, 7) is 5.39. The Kier molecular flexibility index (Phi) is 6.05. The molecular weight excluding hydrogens is 266 g/mol. The number of benzene rings is 1. The minimum absolute atomic E-state index is 0.0220. The third kappa shape index (κ3) is 5.05. The van der Waals surface area contributed by atoms with E-state index in [-0.39, 0.29) is 11.7 Å². The van der Waals surface area contributed by atoms with Gasteiger partial charge in [0.1, 0.15) is 11.3 Å². The lowest BCUT2D eigenvalue weighted by Crippen LogP contribution is -2.29. The zero-order chi connectivity index (χ0) is 15.1. The fourth-order valence-corrected chi connectivity index (χ4v) is 2.75. The maximum absolute atomic E-state index is 11.2. The second-order valence-electron chi connectivity index (χ2n) is 5.77. The molecule has 1 unspecified atom stereocenters. The van der Waals surface area contributed by atoms with Crippen molar-refractivity contribution >= 4 is 5.97 Å². The Hall–Kier alpha value is -1.55. The standard InChI is InChI=1S/C17H25NO3/c1-14(10-13-18-11-6-2-3-7-12-18)21-16-9-5-4-8-15(16)17(19)20/h4-5,8-9,14H,2-3,6-7,10-13H2,1H3,(H,19,20). The molecule has 21 heavy (non-hydrogen) atoms. The van der Waals surface area contributed by atoms with Crippen molar-refractivity contribution in [3.8, 4) is 5.75 Å². The molecule has 0 aliphatic carbocycles. The quantitative estimate of drug-likeness (QED) is 0.872. The molecule has 1 aromatic rings. The zero-order valence-electron chi connectivity index (χ0n) is 12.8. The number of carboxylic acids is 1. The van der Waals surface area contributed by atoms with Crippen molar-refractivity contribution in [3.63, 3.8) is 0 Å². The Balaban J connectivity index is 1.84. The molecular formula is C17H25NO3. The third-order valence-electron chi connectivity index (χ3n) is 4.00. The first-order chi connectivity index (χ1) is 10.2. The van der Waals surface area contributed by atoms with Gasteiger partial charge in [0.05, 0.1) is 6.10 Å². The van der Waals surface area contributed by atoms with Crippen LogP contribution in [0, 0.1) is 0 Å². The first-order valence-corrected chi connectivity index (χ1v) is 7.88. The molecule has 0 amide bonds. The maximum atomic E-state index is 11.2. The third-order valence-corrected chi connectivity index (χ3v) is 4.00. The van der Waals surface area contributed by atoms with E-state index in [1.165, 1.54) is 38.8 Å². The molecule has 4 heteroatoms. The molecule has 0 radical (unpaired) electrons. The number of hydrogen-bond acceptors (Lipinski definition) is 3. The van der Waals surface area contributed by atoms with Gasteiger partial charge >= 0.3 is 5.97 Å². The van der Waals surface area contributed by atoms with E-state index in [9.17, 15) is 4.79 Å². The summed E-state index contributed by atoms with van der Waals surface area (Å²) in [5.74, 6) is -0.473. The van der Waals surface area contributed by atoms with E-state index >= 15 is 0 Å². The van der Waals surface area contributed by atoms with Crippen molar-refractivity contribution in [1.29, 1.82) is 0 Å². The van der Waals surface area contributed by atoms with Crippen molar-refractivity contribution in [2.75, 3.05) is 19.6 Å². The summed E-state index contributed by atoms with van der Waals surface area (Å²) in [6, 6.07) is 6.84. The van der Waals surface area contributed by atoms with Gasteiger partial charge in [0, 0.05) is 6.54 Å². The van der Waals surface area contributed by atoms with E-state index in [1.807, 2.05) is 13.0 Å². The number of aromatic carboxylic acids is 1. The van der Waals surface area contributed by atoms with Gasteiger partial charge in [0.25, 0.3) is 0 Å². The highest BCUT2D eigenvalue weighted by molar-refractivity contribution is 5.90. The van der Waals surface area contributed by atoms with E-state index in [1.54, 1.807) is 18.2 Å². The molecule has 1 fully saturated rings. The van der Waals surface area contributed by atoms with Crippen LogP contribution in [0.1, 0.15) is 49.4 Å². The molecule has 0 saturated carbocycles. The van der Waals surface area contributed by atoms with Crippen molar-refractivity contribution in [2.45, 2.75) is 45.1 Å². The van der Waals surface area contributed by atoms with E-state index in [0.717, 1.165) is 13.0 Å². The number of para-hydroxylation sites is 1. The van der Waals surface area contributed by atoms with E-state index < -0.39 is 5.97 Å². The Morgan fingerprint density at radius 3 is 2.57 bits per heavy atom. The van der Waals surface area contributed by atoms with Crippen LogP contribution in [0.2, 0.25) is 0 Å². The molecule has 2 rings (SSSR count). The maximum Gasteiger partial charge on any atom is 0.339 e. The normalized spacial score (nSPS) is 18.0. The summed E-state index contributed by atoms with van der Waals surface area (Å²) in [6.07, 6.45) is 6.21. The molecule has 1 N–H and O–H groups in total. The van der Waals surface area contributed by atoms with Crippen LogP contribution >= 0.6 is 0 Å². The minimum Gasteiger partial charge on any atom is -0.490 e. The summed E-state index contributed by atoms with van der Waals surface area (Å²) in [7, 11) is 0. The van der Waals surface area contributed by atoms with Crippen molar-refractivity contribution in [3.05, 3.63) is 29.8 Å². The van der Waals surface area contributed by atoms with Gasteiger partial charge in [-0.3, -0.25) is 0 Å². The van der Waals surface area contributed by atoms with Gasteiger partial charge in [-0.15, -0.1) is 0 Å². The molecule has 1 heterocycles. The first kappa shape index (κ1) is 15.8. The average molecular weight is 291 g/mol. The van der Waals surface area contributed by atoms with Crippen LogP contribution in [0.5, 0.6) is 5.75 Å². The second-order valence-corrected chi connectivity index (χ2v) is 5.77. The summed E-state index contributed by atoms with van der Waals surface area (Å²) < 4.78 is 5.82.